The Labute approximate surface area is 122 Å². The van der Waals surface area contributed by atoms with Gasteiger partial charge in [0.2, 0.25) is 0 Å². The average Bonchev–Trinajstić information content (AvgIpc) is 2.40. The van der Waals surface area contributed by atoms with Gasteiger partial charge in [-0.05, 0) is 59.6 Å². The molecule has 0 unspecified atom stereocenters. The van der Waals surface area contributed by atoms with E-state index < -0.39 is 0 Å². The quantitative estimate of drug-likeness (QED) is 0.840. The van der Waals surface area contributed by atoms with Gasteiger partial charge in [-0.2, -0.15) is 0 Å². The lowest BCUT2D eigenvalue weighted by Gasteiger charge is -2.10. The highest BCUT2D eigenvalue weighted by Gasteiger charge is 2.00. The van der Waals surface area contributed by atoms with Crippen LogP contribution in [0.4, 0.5) is 5.69 Å². The van der Waals surface area contributed by atoms with E-state index in [-0.39, 0.29) is 0 Å². The molecule has 2 aromatic rings. The molecule has 0 radical (unpaired) electrons. The van der Waals surface area contributed by atoms with Crippen molar-refractivity contribution in [2.24, 2.45) is 0 Å². The van der Waals surface area contributed by atoms with E-state index in [1.54, 1.807) is 0 Å². The third kappa shape index (κ3) is 3.96. The molecule has 1 aromatic carbocycles. The summed E-state index contributed by atoms with van der Waals surface area (Å²) >= 11 is 3.36. The van der Waals surface area contributed by atoms with Crippen molar-refractivity contribution in [1.82, 2.24) is 4.98 Å². The van der Waals surface area contributed by atoms with Gasteiger partial charge in [0.15, 0.2) is 0 Å². The number of aryl methyl sites for hydroxylation is 1. The van der Waals surface area contributed by atoms with Crippen LogP contribution in [0.1, 0.15) is 18.2 Å². The van der Waals surface area contributed by atoms with Crippen molar-refractivity contribution < 1.29 is 4.74 Å². The predicted octanol–water partition coefficient (Wildman–Crippen LogP) is 4.16. The minimum Gasteiger partial charge on any atom is -0.494 e. The van der Waals surface area contributed by atoms with Crippen molar-refractivity contribution in [1.29, 1.82) is 0 Å². The molecule has 4 heteroatoms. The Morgan fingerprint density at radius 3 is 2.53 bits per heavy atom. The zero-order chi connectivity index (χ0) is 13.7. The number of pyridine rings is 1. The first-order valence-electron chi connectivity index (χ1n) is 6.28. The third-order valence-electron chi connectivity index (χ3n) is 2.77. The molecule has 0 bridgehead atoms. The van der Waals surface area contributed by atoms with Crippen molar-refractivity contribution >= 4 is 21.6 Å². The summed E-state index contributed by atoms with van der Waals surface area (Å²) in [6, 6.07) is 12.1. The van der Waals surface area contributed by atoms with E-state index in [2.05, 4.69) is 38.4 Å². The molecular weight excluding hydrogens is 304 g/mol. The van der Waals surface area contributed by atoms with Crippen molar-refractivity contribution in [3.8, 4) is 5.75 Å². The Hall–Kier alpha value is -1.55. The van der Waals surface area contributed by atoms with Gasteiger partial charge in [-0.15, -0.1) is 0 Å². The SMILES string of the molecule is CCOc1ccc(CNc2ccc(Br)nc2C)cc1. The maximum atomic E-state index is 5.42. The number of ether oxygens (including phenoxy) is 1. The molecule has 0 fully saturated rings. The molecule has 0 saturated heterocycles. The smallest absolute Gasteiger partial charge is 0.119 e. The van der Waals surface area contributed by atoms with Crippen molar-refractivity contribution in [2.75, 3.05) is 11.9 Å². The molecule has 0 saturated carbocycles. The molecule has 0 amide bonds. The summed E-state index contributed by atoms with van der Waals surface area (Å²) in [6.45, 7) is 5.45. The molecule has 0 atom stereocenters. The minimum absolute atomic E-state index is 0.696. The highest BCUT2D eigenvalue weighted by atomic mass is 79.9. The fourth-order valence-electron chi connectivity index (χ4n) is 1.78. The van der Waals surface area contributed by atoms with Crippen molar-refractivity contribution in [3.63, 3.8) is 0 Å². The standard InChI is InChI=1S/C15H17BrN2O/c1-3-19-13-6-4-12(5-7-13)10-17-14-8-9-15(16)18-11(14)2/h4-9,17H,3,10H2,1-2H3. The minimum atomic E-state index is 0.696. The van der Waals surface area contributed by atoms with E-state index in [0.717, 1.165) is 28.3 Å². The van der Waals surface area contributed by atoms with Gasteiger partial charge in [0.25, 0.3) is 0 Å². The summed E-state index contributed by atoms with van der Waals surface area (Å²) in [6.07, 6.45) is 0. The lowest BCUT2D eigenvalue weighted by atomic mass is 10.2. The van der Waals surface area contributed by atoms with Crippen LogP contribution in [0.15, 0.2) is 41.0 Å². The van der Waals surface area contributed by atoms with Crippen LogP contribution in [0.25, 0.3) is 0 Å². The highest BCUT2D eigenvalue weighted by molar-refractivity contribution is 9.10. The number of halogens is 1. The number of anilines is 1. The van der Waals surface area contributed by atoms with Gasteiger partial charge in [-0.25, -0.2) is 4.98 Å². The zero-order valence-corrected chi connectivity index (χ0v) is 12.7. The number of hydrogen-bond acceptors (Lipinski definition) is 3. The summed E-state index contributed by atoms with van der Waals surface area (Å²) in [5.74, 6) is 0.910. The fourth-order valence-corrected chi connectivity index (χ4v) is 2.18. The summed E-state index contributed by atoms with van der Waals surface area (Å²) in [7, 11) is 0. The van der Waals surface area contributed by atoms with E-state index in [1.165, 1.54) is 5.56 Å². The van der Waals surface area contributed by atoms with Gasteiger partial charge in [-0.1, -0.05) is 12.1 Å². The Morgan fingerprint density at radius 1 is 1.16 bits per heavy atom. The molecule has 100 valence electrons. The van der Waals surface area contributed by atoms with E-state index in [4.69, 9.17) is 4.74 Å². The van der Waals surface area contributed by atoms with Crippen molar-refractivity contribution in [2.45, 2.75) is 20.4 Å². The normalized spacial score (nSPS) is 10.3. The Kier molecular flexibility index (Phi) is 4.80. The van der Waals surface area contributed by atoms with Crippen LogP contribution in [-0.2, 0) is 6.54 Å². The molecule has 3 nitrogen and oxygen atoms in total. The monoisotopic (exact) mass is 320 g/mol. The molecule has 0 aliphatic carbocycles. The molecular formula is C15H17BrN2O. The molecule has 0 spiro atoms. The Balaban J connectivity index is 1.98. The molecule has 19 heavy (non-hydrogen) atoms. The molecule has 0 aliphatic heterocycles. The summed E-state index contributed by atoms with van der Waals surface area (Å²) < 4.78 is 6.28. The van der Waals surface area contributed by atoms with E-state index in [0.29, 0.717) is 6.61 Å². The van der Waals surface area contributed by atoms with Crippen LogP contribution < -0.4 is 10.1 Å². The Morgan fingerprint density at radius 2 is 1.89 bits per heavy atom. The number of aromatic nitrogens is 1. The maximum absolute atomic E-state index is 5.42. The van der Waals surface area contributed by atoms with E-state index in [1.807, 2.05) is 38.1 Å². The first-order valence-corrected chi connectivity index (χ1v) is 7.07. The largest absolute Gasteiger partial charge is 0.494 e. The van der Waals surface area contributed by atoms with E-state index in [9.17, 15) is 0 Å². The van der Waals surface area contributed by atoms with Crippen LogP contribution in [0.2, 0.25) is 0 Å². The summed E-state index contributed by atoms with van der Waals surface area (Å²) in [5.41, 5.74) is 3.25. The second kappa shape index (κ2) is 6.57. The number of rotatable bonds is 5. The van der Waals surface area contributed by atoms with Gasteiger partial charge >= 0.3 is 0 Å². The number of benzene rings is 1. The molecule has 2 rings (SSSR count). The predicted molar refractivity (Wildman–Crippen MR) is 81.6 cm³/mol. The molecule has 1 N–H and O–H groups in total. The first-order chi connectivity index (χ1) is 9.19. The average molecular weight is 321 g/mol. The van der Waals surface area contributed by atoms with Gasteiger partial charge in [0.05, 0.1) is 18.0 Å². The zero-order valence-electron chi connectivity index (χ0n) is 11.1. The van der Waals surface area contributed by atoms with Crippen LogP contribution in [0, 0.1) is 6.92 Å². The Bertz CT molecular complexity index is 540. The van der Waals surface area contributed by atoms with Crippen LogP contribution in [0.5, 0.6) is 5.75 Å². The van der Waals surface area contributed by atoms with Gasteiger partial charge in [0, 0.05) is 6.54 Å². The van der Waals surface area contributed by atoms with Crippen LogP contribution in [0.3, 0.4) is 0 Å². The second-order valence-electron chi connectivity index (χ2n) is 4.20. The number of hydrogen-bond donors (Lipinski definition) is 1. The van der Waals surface area contributed by atoms with Crippen molar-refractivity contribution in [3.05, 3.63) is 52.3 Å². The lowest BCUT2D eigenvalue weighted by Crippen LogP contribution is -2.02. The van der Waals surface area contributed by atoms with Gasteiger partial charge in [0.1, 0.15) is 10.4 Å². The fraction of sp³-hybridized carbons (Fsp3) is 0.267. The highest BCUT2D eigenvalue weighted by Crippen LogP contribution is 2.18. The molecule has 0 aliphatic rings. The number of nitrogens with zero attached hydrogens (tertiary/aromatic N) is 1. The topological polar surface area (TPSA) is 34.1 Å². The van der Waals surface area contributed by atoms with Gasteiger partial charge < -0.3 is 10.1 Å². The van der Waals surface area contributed by atoms with Crippen LogP contribution >= 0.6 is 15.9 Å². The number of nitrogens with one attached hydrogen (secondary N) is 1. The molecule has 1 aromatic heterocycles. The van der Waals surface area contributed by atoms with Gasteiger partial charge in [-0.3, -0.25) is 0 Å². The molecule has 1 heterocycles. The lowest BCUT2D eigenvalue weighted by molar-refractivity contribution is 0.340. The summed E-state index contributed by atoms with van der Waals surface area (Å²) in [5, 5.41) is 3.38. The second-order valence-corrected chi connectivity index (χ2v) is 5.01. The third-order valence-corrected chi connectivity index (χ3v) is 3.21. The first kappa shape index (κ1) is 13.9. The maximum Gasteiger partial charge on any atom is 0.119 e. The summed E-state index contributed by atoms with van der Waals surface area (Å²) in [4.78, 5) is 4.36. The van der Waals surface area contributed by atoms with E-state index >= 15 is 0 Å². The van der Waals surface area contributed by atoms with Crippen LogP contribution in [-0.4, -0.2) is 11.6 Å².